The van der Waals surface area contributed by atoms with Crippen LogP contribution >= 0.6 is 12.2 Å². The van der Waals surface area contributed by atoms with Gasteiger partial charge in [0.05, 0.1) is 0 Å². The van der Waals surface area contributed by atoms with Crippen molar-refractivity contribution in [2.24, 2.45) is 0 Å². The molecule has 0 aliphatic carbocycles. The predicted molar refractivity (Wildman–Crippen MR) is 44.6 cm³/mol. The Bertz CT molecular complexity index is 245. The van der Waals surface area contributed by atoms with E-state index in [-0.39, 0.29) is 29.6 Å². The van der Waals surface area contributed by atoms with Crippen LogP contribution in [0.4, 0.5) is 0 Å². The Morgan fingerprint density at radius 2 is 2.10 bits per heavy atom. The molecule has 1 aromatic rings. The zero-order chi connectivity index (χ0) is 6.85. The van der Waals surface area contributed by atoms with E-state index in [9.17, 15) is 0 Å². The summed E-state index contributed by atoms with van der Waals surface area (Å²) in [6, 6.07) is 1.95. The number of hydrogen-bond donors (Lipinski definition) is 1. The Hall–Kier alpha value is 0.300. The molecule has 4 heteroatoms. The Labute approximate surface area is 87.4 Å². The van der Waals surface area contributed by atoms with E-state index < -0.39 is 0 Å². The van der Waals surface area contributed by atoms with Gasteiger partial charge in [-0.1, -0.05) is 0 Å². The summed E-state index contributed by atoms with van der Waals surface area (Å²) in [7, 11) is 0. The van der Waals surface area contributed by atoms with Gasteiger partial charge in [0.25, 0.3) is 0 Å². The van der Waals surface area contributed by atoms with Crippen LogP contribution in [-0.4, -0.2) is 39.5 Å². The third-order valence-electron chi connectivity index (χ3n) is 1.01. The molecular weight excluding hydrogens is 155 g/mol. The van der Waals surface area contributed by atoms with Gasteiger partial charge in [0.15, 0.2) is 4.77 Å². The van der Waals surface area contributed by atoms with Crippen molar-refractivity contribution >= 4 is 41.8 Å². The first-order chi connectivity index (χ1) is 4.18. The molecule has 1 rings (SSSR count). The molecule has 0 saturated carbocycles. The molecule has 0 aromatic carbocycles. The largest absolute Gasteiger partial charge is 0.335 e. The first-order valence-corrected chi connectivity index (χ1v) is 3.14. The zero-order valence-corrected chi connectivity index (χ0v) is 9.25. The Kier molecular flexibility index (Phi) is 4.36. The van der Waals surface area contributed by atoms with E-state index in [2.05, 4.69) is 9.97 Å². The zero-order valence-electron chi connectivity index (χ0n) is 6.43. The molecule has 1 N–H and O–H groups in total. The van der Waals surface area contributed by atoms with Gasteiger partial charge in [-0.15, -0.1) is 0 Å². The fourth-order valence-corrected chi connectivity index (χ4v) is 1.04. The van der Waals surface area contributed by atoms with Crippen molar-refractivity contribution in [3.05, 3.63) is 22.2 Å². The molecule has 0 unspecified atom stereocenters. The Balaban J connectivity index is 0.000000810. The quantitative estimate of drug-likeness (QED) is 0.462. The van der Waals surface area contributed by atoms with Crippen molar-refractivity contribution in [3.63, 3.8) is 0 Å². The summed E-state index contributed by atoms with van der Waals surface area (Å²) in [5.41, 5.74) is 2.03. The van der Waals surface area contributed by atoms with Crippen LogP contribution in [0.15, 0.2) is 6.07 Å². The molecule has 0 amide bonds. The maximum absolute atomic E-state index is 4.82. The summed E-state index contributed by atoms with van der Waals surface area (Å²) in [6.07, 6.45) is 0. The van der Waals surface area contributed by atoms with Crippen molar-refractivity contribution in [2.75, 3.05) is 0 Å². The van der Waals surface area contributed by atoms with E-state index in [0.29, 0.717) is 4.77 Å². The minimum atomic E-state index is 0. The molecule has 1 aromatic heterocycles. The van der Waals surface area contributed by atoms with E-state index >= 15 is 0 Å². The summed E-state index contributed by atoms with van der Waals surface area (Å²) in [4.78, 5) is 6.91. The number of rotatable bonds is 0. The molecule has 49 valence electrons. The van der Waals surface area contributed by atoms with Crippen molar-refractivity contribution in [1.29, 1.82) is 0 Å². The third kappa shape index (κ3) is 2.92. The maximum Gasteiger partial charge on any atom is 0.197 e. The fraction of sp³-hybridized carbons (Fsp3) is 0.333. The normalized spacial score (nSPS) is 8.60. The van der Waals surface area contributed by atoms with Crippen LogP contribution in [0.1, 0.15) is 11.4 Å². The predicted octanol–water partition coefficient (Wildman–Crippen LogP) is 1.38. The van der Waals surface area contributed by atoms with Crippen LogP contribution < -0.4 is 0 Å². The molecule has 0 bridgehead atoms. The second-order valence-corrected chi connectivity index (χ2v) is 2.40. The van der Waals surface area contributed by atoms with Crippen LogP contribution in [0.5, 0.6) is 0 Å². The summed E-state index contributed by atoms with van der Waals surface area (Å²) < 4.78 is 0.563. The molecule has 2 nitrogen and oxygen atoms in total. The monoisotopic (exact) mass is 163 g/mol. The van der Waals surface area contributed by atoms with Gasteiger partial charge in [0, 0.05) is 40.9 Å². The first kappa shape index (κ1) is 10.3. The molecule has 1 radical (unpaired) electrons. The number of nitrogens with one attached hydrogen (secondary N) is 1. The van der Waals surface area contributed by atoms with E-state index in [1.165, 1.54) is 0 Å². The topological polar surface area (TPSA) is 28.7 Å². The van der Waals surface area contributed by atoms with Crippen molar-refractivity contribution < 1.29 is 0 Å². The minimum Gasteiger partial charge on any atom is -0.335 e. The molecule has 0 fully saturated rings. The second-order valence-electron chi connectivity index (χ2n) is 2.01. The number of aromatic amines is 1. The SMILES string of the molecule is Cc1cc(C)[nH]c(=S)n1.[Na]. The van der Waals surface area contributed by atoms with E-state index in [1.54, 1.807) is 0 Å². The first-order valence-electron chi connectivity index (χ1n) is 2.73. The summed E-state index contributed by atoms with van der Waals surface area (Å²) in [6.45, 7) is 3.89. The van der Waals surface area contributed by atoms with Crippen LogP contribution in [0.25, 0.3) is 0 Å². The van der Waals surface area contributed by atoms with Crippen LogP contribution in [-0.2, 0) is 0 Å². The van der Waals surface area contributed by atoms with E-state index in [0.717, 1.165) is 11.4 Å². The third-order valence-corrected chi connectivity index (χ3v) is 1.20. The molecule has 10 heavy (non-hydrogen) atoms. The molecule has 1 heterocycles. The number of aryl methyl sites for hydroxylation is 2. The van der Waals surface area contributed by atoms with Crippen LogP contribution in [0.2, 0.25) is 0 Å². The maximum atomic E-state index is 4.82. The van der Waals surface area contributed by atoms with Gasteiger partial charge in [-0.2, -0.15) is 0 Å². The van der Waals surface area contributed by atoms with Gasteiger partial charge in [0.1, 0.15) is 0 Å². The number of H-pyrrole nitrogens is 1. The van der Waals surface area contributed by atoms with Gasteiger partial charge in [-0.3, -0.25) is 0 Å². The molecule has 0 spiro atoms. The molecule has 0 atom stereocenters. The van der Waals surface area contributed by atoms with Crippen molar-refractivity contribution in [3.8, 4) is 0 Å². The fourth-order valence-electron chi connectivity index (χ4n) is 0.738. The van der Waals surface area contributed by atoms with Crippen LogP contribution in [0.3, 0.4) is 0 Å². The van der Waals surface area contributed by atoms with Gasteiger partial charge in [0.2, 0.25) is 0 Å². The summed E-state index contributed by atoms with van der Waals surface area (Å²) in [5, 5.41) is 0. The number of nitrogens with zero attached hydrogens (tertiary/aromatic N) is 1. The van der Waals surface area contributed by atoms with Gasteiger partial charge < -0.3 is 4.98 Å². The second kappa shape index (κ2) is 4.23. The average molecular weight is 163 g/mol. The average Bonchev–Trinajstić information content (AvgIpc) is 1.59. The summed E-state index contributed by atoms with van der Waals surface area (Å²) in [5.74, 6) is 0. The summed E-state index contributed by atoms with van der Waals surface area (Å²) >= 11 is 4.82. The van der Waals surface area contributed by atoms with E-state index in [1.807, 2.05) is 19.9 Å². The number of aromatic nitrogens is 2. The van der Waals surface area contributed by atoms with Gasteiger partial charge in [-0.05, 0) is 32.1 Å². The van der Waals surface area contributed by atoms with Gasteiger partial charge >= 0.3 is 0 Å². The van der Waals surface area contributed by atoms with Crippen molar-refractivity contribution in [2.45, 2.75) is 13.8 Å². The standard InChI is InChI=1S/C6H8N2S.Na/c1-4-3-5(2)8-6(9)7-4;/h3H,1-2H3,(H,7,8,9);. The molecule has 0 aliphatic rings. The smallest absolute Gasteiger partial charge is 0.197 e. The minimum absolute atomic E-state index is 0. The molecule has 0 saturated heterocycles. The van der Waals surface area contributed by atoms with Crippen LogP contribution in [0, 0.1) is 18.6 Å². The van der Waals surface area contributed by atoms with E-state index in [4.69, 9.17) is 12.2 Å². The van der Waals surface area contributed by atoms with Gasteiger partial charge in [-0.25, -0.2) is 4.98 Å². The molecular formula is C6H8N2NaS. The Morgan fingerprint density at radius 1 is 1.50 bits per heavy atom. The Morgan fingerprint density at radius 3 is 2.50 bits per heavy atom. The molecule has 0 aliphatic heterocycles. The van der Waals surface area contributed by atoms with Crippen molar-refractivity contribution in [1.82, 2.24) is 9.97 Å². The number of hydrogen-bond acceptors (Lipinski definition) is 2.